The summed E-state index contributed by atoms with van der Waals surface area (Å²) in [5, 5.41) is 0. The molecule has 0 amide bonds. The average molecular weight is 485 g/mol. The molecular weight excluding hydrogens is 432 g/mol. The highest BCUT2D eigenvalue weighted by Gasteiger charge is 2.34. The number of hydrogen-bond acceptors (Lipinski definition) is 4. The Bertz CT molecular complexity index is 704. The first-order chi connectivity index (χ1) is 17.2. The minimum atomic E-state index is -0.719. The lowest BCUT2D eigenvalue weighted by atomic mass is 9.94. The van der Waals surface area contributed by atoms with Gasteiger partial charge in [0, 0.05) is 24.6 Å². The second-order valence-electron chi connectivity index (χ2n) is 10.3. The molecule has 1 aromatic rings. The normalized spacial score (nSPS) is 15.4. The molecule has 0 saturated carbocycles. The van der Waals surface area contributed by atoms with Crippen molar-refractivity contribution in [1.29, 1.82) is 0 Å². The second-order valence-corrected chi connectivity index (χ2v) is 10.3. The van der Waals surface area contributed by atoms with Crippen molar-refractivity contribution >= 4 is 12.4 Å². The van der Waals surface area contributed by atoms with E-state index in [9.17, 15) is 0 Å². The van der Waals surface area contributed by atoms with Gasteiger partial charge in [0.05, 0.1) is 6.61 Å². The molecule has 0 radical (unpaired) electrons. The van der Waals surface area contributed by atoms with Gasteiger partial charge in [0.15, 0.2) is 5.60 Å². The monoisotopic (exact) mass is 484 g/mol. The van der Waals surface area contributed by atoms with Gasteiger partial charge in [0.1, 0.15) is 12.4 Å². The molecule has 35 heavy (non-hydrogen) atoms. The first kappa shape index (κ1) is 29.5. The van der Waals surface area contributed by atoms with Crippen molar-refractivity contribution in [2.45, 2.75) is 123 Å². The maximum atomic E-state index is 6.46. The first-order valence-electron chi connectivity index (χ1n) is 14.6. The number of rotatable bonds is 21. The second kappa shape index (κ2) is 18.6. The van der Waals surface area contributed by atoms with E-state index in [1.807, 2.05) is 18.5 Å². The van der Waals surface area contributed by atoms with Crippen LogP contribution >= 0.6 is 0 Å². The molecular formula is C31H52N2O2. The Hall–Kier alpha value is -1.68. The van der Waals surface area contributed by atoms with Crippen LogP contribution in [0.1, 0.15) is 123 Å². The lowest BCUT2D eigenvalue weighted by Gasteiger charge is -2.30. The van der Waals surface area contributed by atoms with E-state index in [4.69, 9.17) is 9.47 Å². The minimum absolute atomic E-state index is 0.474. The Kier molecular flexibility index (Phi) is 15.7. The Morgan fingerprint density at radius 3 is 2.06 bits per heavy atom. The SMILES string of the molecule is CCCCCCCCCCCCOc1ccccc1C1(OCCCCCC(C)CC)C=NCN=C1. The summed E-state index contributed by atoms with van der Waals surface area (Å²) in [6.45, 7) is 8.81. The summed E-state index contributed by atoms with van der Waals surface area (Å²) in [5.74, 6) is 1.71. The van der Waals surface area contributed by atoms with E-state index >= 15 is 0 Å². The van der Waals surface area contributed by atoms with Gasteiger partial charge in [-0.3, -0.25) is 9.98 Å². The summed E-state index contributed by atoms with van der Waals surface area (Å²) in [5.41, 5.74) is 0.294. The van der Waals surface area contributed by atoms with Gasteiger partial charge >= 0.3 is 0 Å². The summed E-state index contributed by atoms with van der Waals surface area (Å²) in [6, 6.07) is 8.24. The van der Waals surface area contributed by atoms with Gasteiger partial charge in [-0.05, 0) is 24.8 Å². The third kappa shape index (κ3) is 11.7. The zero-order valence-corrected chi connectivity index (χ0v) is 23.0. The van der Waals surface area contributed by atoms with Crippen molar-refractivity contribution in [3.63, 3.8) is 0 Å². The predicted octanol–water partition coefficient (Wildman–Crippen LogP) is 8.92. The molecule has 0 fully saturated rings. The maximum Gasteiger partial charge on any atom is 0.166 e. The van der Waals surface area contributed by atoms with Crippen LogP contribution in [-0.2, 0) is 10.3 Å². The fourth-order valence-electron chi connectivity index (χ4n) is 4.63. The third-order valence-electron chi connectivity index (χ3n) is 7.17. The summed E-state index contributed by atoms with van der Waals surface area (Å²) in [4.78, 5) is 8.91. The van der Waals surface area contributed by atoms with Gasteiger partial charge in [-0.15, -0.1) is 0 Å². The minimum Gasteiger partial charge on any atom is -0.493 e. The number of aliphatic imine (C=N–C) groups is 2. The highest BCUT2D eigenvalue weighted by atomic mass is 16.5. The number of hydrogen-bond donors (Lipinski definition) is 0. The molecule has 0 bridgehead atoms. The van der Waals surface area contributed by atoms with Crippen LogP contribution in [0.5, 0.6) is 5.75 Å². The van der Waals surface area contributed by atoms with E-state index in [0.29, 0.717) is 13.3 Å². The molecule has 1 aliphatic rings. The van der Waals surface area contributed by atoms with Gasteiger partial charge in [-0.1, -0.05) is 122 Å². The van der Waals surface area contributed by atoms with E-state index in [0.717, 1.165) is 36.7 Å². The van der Waals surface area contributed by atoms with Crippen LogP contribution in [-0.4, -0.2) is 32.3 Å². The van der Waals surface area contributed by atoms with Crippen LogP contribution in [0.25, 0.3) is 0 Å². The van der Waals surface area contributed by atoms with E-state index < -0.39 is 5.60 Å². The van der Waals surface area contributed by atoms with Gasteiger partial charge in [-0.2, -0.15) is 0 Å². The van der Waals surface area contributed by atoms with Crippen LogP contribution in [0, 0.1) is 5.92 Å². The van der Waals surface area contributed by atoms with Crippen molar-refractivity contribution in [1.82, 2.24) is 0 Å². The Balaban J connectivity index is 1.77. The Morgan fingerprint density at radius 1 is 0.771 bits per heavy atom. The molecule has 0 spiro atoms. The molecule has 1 unspecified atom stereocenters. The molecule has 4 heteroatoms. The lowest BCUT2D eigenvalue weighted by Crippen LogP contribution is -2.36. The first-order valence-corrected chi connectivity index (χ1v) is 14.6. The molecule has 4 nitrogen and oxygen atoms in total. The van der Waals surface area contributed by atoms with E-state index in [2.05, 4.69) is 49.0 Å². The van der Waals surface area contributed by atoms with Crippen LogP contribution in [0.3, 0.4) is 0 Å². The van der Waals surface area contributed by atoms with Crippen LogP contribution in [0.15, 0.2) is 34.3 Å². The molecule has 1 atom stereocenters. The summed E-state index contributed by atoms with van der Waals surface area (Å²) >= 11 is 0. The van der Waals surface area contributed by atoms with E-state index in [1.165, 1.54) is 83.5 Å². The highest BCUT2D eigenvalue weighted by Crippen LogP contribution is 2.33. The standard InChI is InChI=1S/C31H52N2O2/c1-4-6-7-8-9-10-11-12-13-18-23-34-30-22-17-16-21-29(30)31(25-32-27-33-26-31)35-24-19-14-15-20-28(3)5-2/h16-17,21-22,25-26,28H,4-15,18-20,23-24,27H2,1-3H3. The molecule has 1 aromatic carbocycles. The lowest BCUT2D eigenvalue weighted by molar-refractivity contribution is 0.0552. The fourth-order valence-corrected chi connectivity index (χ4v) is 4.63. The molecule has 1 heterocycles. The van der Waals surface area contributed by atoms with Gasteiger partial charge < -0.3 is 9.47 Å². The molecule has 198 valence electrons. The van der Waals surface area contributed by atoms with Gasteiger partial charge in [-0.25, -0.2) is 0 Å². The molecule has 0 aromatic heterocycles. The number of benzene rings is 1. The summed E-state index contributed by atoms with van der Waals surface area (Å²) in [6.07, 6.45) is 23.2. The van der Waals surface area contributed by atoms with Crippen molar-refractivity contribution in [3.05, 3.63) is 29.8 Å². The zero-order chi connectivity index (χ0) is 25.0. The maximum absolute atomic E-state index is 6.46. The smallest absolute Gasteiger partial charge is 0.166 e. The van der Waals surface area contributed by atoms with Crippen LogP contribution in [0.4, 0.5) is 0 Å². The molecule has 0 aliphatic carbocycles. The number of nitrogens with zero attached hydrogens (tertiary/aromatic N) is 2. The quantitative estimate of drug-likeness (QED) is 0.163. The Labute approximate surface area is 216 Å². The van der Waals surface area contributed by atoms with Crippen molar-refractivity contribution in [2.75, 3.05) is 19.9 Å². The third-order valence-corrected chi connectivity index (χ3v) is 7.17. The van der Waals surface area contributed by atoms with Crippen LogP contribution in [0.2, 0.25) is 0 Å². The molecule has 0 N–H and O–H groups in total. The summed E-state index contributed by atoms with van der Waals surface area (Å²) < 4.78 is 12.7. The van der Waals surface area contributed by atoms with Crippen molar-refractivity contribution in [2.24, 2.45) is 15.9 Å². The van der Waals surface area contributed by atoms with Gasteiger partial charge in [0.25, 0.3) is 0 Å². The van der Waals surface area contributed by atoms with Crippen molar-refractivity contribution in [3.8, 4) is 5.75 Å². The van der Waals surface area contributed by atoms with Crippen molar-refractivity contribution < 1.29 is 9.47 Å². The summed E-state index contributed by atoms with van der Waals surface area (Å²) in [7, 11) is 0. The molecule has 1 aliphatic heterocycles. The van der Waals surface area contributed by atoms with Crippen LogP contribution < -0.4 is 4.74 Å². The van der Waals surface area contributed by atoms with Gasteiger partial charge in [0.2, 0.25) is 0 Å². The largest absolute Gasteiger partial charge is 0.493 e. The number of unbranched alkanes of at least 4 members (excludes halogenated alkanes) is 11. The Morgan fingerprint density at radius 2 is 1.37 bits per heavy atom. The topological polar surface area (TPSA) is 43.2 Å². The average Bonchev–Trinajstić information content (AvgIpc) is 2.90. The van der Waals surface area contributed by atoms with E-state index in [-0.39, 0.29) is 0 Å². The molecule has 0 saturated heterocycles. The zero-order valence-electron chi connectivity index (χ0n) is 23.0. The predicted molar refractivity (Wildman–Crippen MR) is 151 cm³/mol. The highest BCUT2D eigenvalue weighted by molar-refractivity contribution is 5.96. The van der Waals surface area contributed by atoms with E-state index in [1.54, 1.807) is 0 Å². The number of para-hydroxylation sites is 1. The number of ether oxygens (including phenoxy) is 2. The molecule has 2 rings (SSSR count). The fraction of sp³-hybridized carbons (Fsp3) is 0.742.